The topological polar surface area (TPSA) is 58.4 Å². The highest BCUT2D eigenvalue weighted by Crippen LogP contribution is 2.41. The number of amides is 2. The summed E-state index contributed by atoms with van der Waals surface area (Å²) in [6, 6.07) is 5.87. The summed E-state index contributed by atoms with van der Waals surface area (Å²) in [5.74, 6) is 0. The number of nitrogens with zero attached hydrogens (tertiary/aromatic N) is 1. The Hall–Kier alpha value is -1.97. The fourth-order valence-corrected chi connectivity index (χ4v) is 2.85. The van der Waals surface area contributed by atoms with E-state index in [4.69, 9.17) is 5.73 Å². The van der Waals surface area contributed by atoms with Crippen LogP contribution in [-0.4, -0.2) is 23.5 Å². The van der Waals surface area contributed by atoms with Crippen LogP contribution in [0.5, 0.6) is 0 Å². The zero-order chi connectivity index (χ0) is 12.2. The summed E-state index contributed by atoms with van der Waals surface area (Å²) >= 11 is 0. The van der Waals surface area contributed by atoms with Gasteiger partial charge in [-0.05, 0) is 23.3 Å². The van der Waals surface area contributed by atoms with Crippen LogP contribution in [-0.2, 0) is 12.8 Å². The Morgan fingerprint density at radius 3 is 2.76 bits per heavy atom. The fourth-order valence-electron chi connectivity index (χ4n) is 2.85. The van der Waals surface area contributed by atoms with Crippen molar-refractivity contribution < 1.29 is 4.79 Å². The first-order valence-corrected chi connectivity index (χ1v) is 5.64. The van der Waals surface area contributed by atoms with E-state index in [0.29, 0.717) is 0 Å². The number of likely N-dealkylation sites (N-methyl/N-ethyl adjacent to an activating group) is 1. The predicted molar refractivity (Wildman–Crippen MR) is 66.4 cm³/mol. The molecule has 0 radical (unpaired) electrons. The Kier molecular flexibility index (Phi) is 1.82. The lowest BCUT2D eigenvalue weighted by Gasteiger charge is -2.30. The summed E-state index contributed by atoms with van der Waals surface area (Å²) in [4.78, 5) is 13.4. The second kappa shape index (κ2) is 3.03. The molecule has 1 fully saturated rings. The van der Waals surface area contributed by atoms with Gasteiger partial charge < -0.3 is 16.0 Å². The molecule has 1 unspecified atom stereocenters. The minimum Gasteiger partial charge on any atom is -0.399 e. The van der Waals surface area contributed by atoms with Crippen LogP contribution in [0.2, 0.25) is 0 Å². The Morgan fingerprint density at radius 1 is 1.41 bits per heavy atom. The molecule has 0 bridgehead atoms. The largest absolute Gasteiger partial charge is 0.399 e. The molecule has 1 aliphatic carbocycles. The molecule has 0 aromatic heterocycles. The maximum absolute atomic E-state index is 11.7. The number of anilines is 1. The van der Waals surface area contributed by atoms with Gasteiger partial charge in [0.1, 0.15) is 0 Å². The summed E-state index contributed by atoms with van der Waals surface area (Å²) in [6.07, 6.45) is 1.61. The third-order valence-electron chi connectivity index (χ3n) is 3.96. The van der Waals surface area contributed by atoms with Crippen LogP contribution in [0, 0.1) is 0 Å². The first kappa shape index (κ1) is 10.2. The van der Waals surface area contributed by atoms with Crippen molar-refractivity contribution in [1.29, 1.82) is 0 Å². The van der Waals surface area contributed by atoms with E-state index in [1.807, 2.05) is 25.2 Å². The van der Waals surface area contributed by atoms with E-state index in [1.165, 1.54) is 11.1 Å². The number of hydrogen-bond acceptors (Lipinski definition) is 2. The van der Waals surface area contributed by atoms with Crippen LogP contribution in [0.1, 0.15) is 11.1 Å². The highest BCUT2D eigenvalue weighted by molar-refractivity contribution is 5.82. The van der Waals surface area contributed by atoms with Gasteiger partial charge in [-0.1, -0.05) is 12.6 Å². The number of carbonyl (C=O) groups is 1. The van der Waals surface area contributed by atoms with E-state index in [1.54, 1.807) is 4.90 Å². The van der Waals surface area contributed by atoms with Gasteiger partial charge >= 0.3 is 6.03 Å². The van der Waals surface area contributed by atoms with Crippen molar-refractivity contribution in [2.24, 2.45) is 0 Å². The van der Waals surface area contributed by atoms with Crippen molar-refractivity contribution in [3.63, 3.8) is 0 Å². The Labute approximate surface area is 100 Å². The minimum atomic E-state index is -0.298. The molecule has 4 nitrogen and oxygen atoms in total. The molecule has 0 saturated carbocycles. The Morgan fingerprint density at radius 2 is 2.12 bits per heavy atom. The van der Waals surface area contributed by atoms with E-state index in [2.05, 4.69) is 11.9 Å². The number of benzene rings is 1. The van der Waals surface area contributed by atoms with Crippen LogP contribution in [0.15, 0.2) is 30.5 Å². The number of nitrogens with one attached hydrogen (secondary N) is 1. The molecule has 1 aromatic rings. The molecule has 1 heterocycles. The lowest BCUT2D eigenvalue weighted by Crippen LogP contribution is -2.44. The van der Waals surface area contributed by atoms with E-state index in [0.717, 1.165) is 24.2 Å². The molecule has 1 atom stereocenters. The molecule has 1 aliphatic heterocycles. The number of hydrogen-bond donors (Lipinski definition) is 2. The zero-order valence-electron chi connectivity index (χ0n) is 9.79. The molecule has 17 heavy (non-hydrogen) atoms. The average Bonchev–Trinajstić information content (AvgIpc) is 2.74. The van der Waals surface area contributed by atoms with E-state index >= 15 is 0 Å². The van der Waals surface area contributed by atoms with Crippen molar-refractivity contribution >= 4 is 11.7 Å². The van der Waals surface area contributed by atoms with Crippen LogP contribution < -0.4 is 11.1 Å². The summed E-state index contributed by atoms with van der Waals surface area (Å²) < 4.78 is 0. The lowest BCUT2D eigenvalue weighted by atomic mass is 9.92. The van der Waals surface area contributed by atoms with Gasteiger partial charge in [-0.15, -0.1) is 0 Å². The first-order chi connectivity index (χ1) is 8.03. The number of urea groups is 1. The molecule has 2 aliphatic rings. The molecular weight excluding hydrogens is 214 g/mol. The van der Waals surface area contributed by atoms with Gasteiger partial charge in [-0.3, -0.25) is 0 Å². The molecule has 4 heteroatoms. The average molecular weight is 229 g/mol. The van der Waals surface area contributed by atoms with Crippen molar-refractivity contribution in [3.8, 4) is 0 Å². The number of rotatable bonds is 0. The van der Waals surface area contributed by atoms with E-state index in [-0.39, 0.29) is 11.6 Å². The van der Waals surface area contributed by atoms with Gasteiger partial charge in [0.2, 0.25) is 0 Å². The molecule has 3 N–H and O–H groups in total. The lowest BCUT2D eigenvalue weighted by molar-refractivity contribution is 0.190. The predicted octanol–water partition coefficient (Wildman–Crippen LogP) is 1.27. The molecule has 2 amide bonds. The molecule has 1 saturated heterocycles. The van der Waals surface area contributed by atoms with E-state index in [9.17, 15) is 4.79 Å². The van der Waals surface area contributed by atoms with Gasteiger partial charge in [-0.25, -0.2) is 4.79 Å². The zero-order valence-corrected chi connectivity index (χ0v) is 9.79. The number of carbonyl (C=O) groups excluding carboxylic acids is 1. The van der Waals surface area contributed by atoms with Crippen molar-refractivity contribution in [2.75, 3.05) is 12.8 Å². The van der Waals surface area contributed by atoms with E-state index < -0.39 is 0 Å². The smallest absolute Gasteiger partial charge is 0.322 e. The molecular formula is C13H15N3O. The summed E-state index contributed by atoms with van der Waals surface area (Å²) in [5, 5.41) is 2.81. The Bertz CT molecular complexity index is 537. The quantitative estimate of drug-likeness (QED) is 0.658. The highest BCUT2D eigenvalue weighted by atomic mass is 16.2. The van der Waals surface area contributed by atoms with Gasteiger partial charge in [0.25, 0.3) is 0 Å². The molecule has 1 aromatic carbocycles. The van der Waals surface area contributed by atoms with Crippen LogP contribution >= 0.6 is 0 Å². The van der Waals surface area contributed by atoms with Gasteiger partial charge in [0, 0.05) is 31.3 Å². The fraction of sp³-hybridized carbons (Fsp3) is 0.308. The van der Waals surface area contributed by atoms with Gasteiger partial charge in [0.05, 0.1) is 5.54 Å². The van der Waals surface area contributed by atoms with Gasteiger partial charge in [0.15, 0.2) is 0 Å². The summed E-state index contributed by atoms with van der Waals surface area (Å²) in [6.45, 7) is 3.99. The summed E-state index contributed by atoms with van der Waals surface area (Å²) in [7, 11) is 1.82. The number of nitrogens with two attached hydrogens (primary N) is 1. The second-order valence-corrected chi connectivity index (χ2v) is 4.88. The molecule has 88 valence electrons. The number of nitrogen functional groups attached to an aromatic ring is 1. The van der Waals surface area contributed by atoms with Crippen molar-refractivity contribution in [3.05, 3.63) is 41.6 Å². The molecule has 3 rings (SSSR count). The third-order valence-corrected chi connectivity index (χ3v) is 3.96. The third kappa shape index (κ3) is 1.21. The standard InChI is InChI=1S/C13H15N3O/c1-8-13(16(2)12(17)15-8)6-9-3-4-11(14)5-10(9)7-13/h3-5H,1,6-7,14H2,2H3,(H,15,17). The highest BCUT2D eigenvalue weighted by Gasteiger charge is 2.50. The first-order valence-electron chi connectivity index (χ1n) is 5.64. The maximum Gasteiger partial charge on any atom is 0.322 e. The second-order valence-electron chi connectivity index (χ2n) is 4.88. The van der Waals surface area contributed by atoms with Crippen LogP contribution in [0.3, 0.4) is 0 Å². The van der Waals surface area contributed by atoms with Crippen molar-refractivity contribution in [1.82, 2.24) is 10.2 Å². The van der Waals surface area contributed by atoms with Crippen LogP contribution in [0.25, 0.3) is 0 Å². The van der Waals surface area contributed by atoms with Crippen molar-refractivity contribution in [2.45, 2.75) is 18.4 Å². The van der Waals surface area contributed by atoms with Gasteiger partial charge in [-0.2, -0.15) is 0 Å². The minimum absolute atomic E-state index is 0.0734. The maximum atomic E-state index is 11.7. The SMILES string of the molecule is C=C1NC(=O)N(C)C12Cc1ccc(N)cc1C2. The Balaban J connectivity index is 2.05. The summed E-state index contributed by atoms with van der Waals surface area (Å²) in [5.41, 5.74) is 9.53. The van der Waals surface area contributed by atoms with Crippen LogP contribution in [0.4, 0.5) is 10.5 Å². The molecule has 1 spiro atoms. The number of fused-ring (bicyclic) bond motifs is 1. The monoisotopic (exact) mass is 229 g/mol. The normalized spacial score (nSPS) is 26.5.